The van der Waals surface area contributed by atoms with Crippen LogP contribution in [-0.2, 0) is 31.9 Å². The van der Waals surface area contributed by atoms with E-state index in [0.29, 0.717) is 4.57 Å². The Labute approximate surface area is 161 Å². The van der Waals surface area contributed by atoms with Gasteiger partial charge >= 0.3 is 6.18 Å². The molecule has 0 spiro atoms. The standard InChI is InChI=1S/C17H16F3N5O4/c18-17(19,20)16-21-10-3-1-2-4-11(10)25(16)9-13(27)23-22-12(26)7-8-24-14(28)5-6-15(24)29/h1-4H,5-9H2,(H,22,26)(H,23,27). The van der Waals surface area contributed by atoms with E-state index >= 15 is 0 Å². The van der Waals surface area contributed by atoms with Gasteiger partial charge in [-0.05, 0) is 12.1 Å². The highest BCUT2D eigenvalue weighted by Crippen LogP contribution is 2.31. The summed E-state index contributed by atoms with van der Waals surface area (Å²) in [5.41, 5.74) is 4.27. The Morgan fingerprint density at radius 1 is 1.03 bits per heavy atom. The van der Waals surface area contributed by atoms with Crippen molar-refractivity contribution in [3.63, 3.8) is 0 Å². The highest BCUT2D eigenvalue weighted by Gasteiger charge is 2.38. The van der Waals surface area contributed by atoms with E-state index in [4.69, 9.17) is 0 Å². The first-order chi connectivity index (χ1) is 13.7. The maximum atomic E-state index is 13.2. The van der Waals surface area contributed by atoms with Gasteiger partial charge in [-0.2, -0.15) is 13.2 Å². The SMILES string of the molecule is O=C(CCN1C(=O)CCC1=O)NNC(=O)Cn1c(C(F)(F)F)nc2ccccc21. The van der Waals surface area contributed by atoms with E-state index in [9.17, 15) is 32.3 Å². The fourth-order valence-electron chi connectivity index (χ4n) is 2.92. The molecule has 1 aromatic carbocycles. The van der Waals surface area contributed by atoms with Gasteiger partial charge in [0, 0.05) is 25.8 Å². The third kappa shape index (κ3) is 4.52. The minimum atomic E-state index is -4.77. The number of aromatic nitrogens is 2. The number of imide groups is 1. The van der Waals surface area contributed by atoms with Gasteiger partial charge in [0.25, 0.3) is 5.91 Å². The monoisotopic (exact) mass is 411 g/mol. The van der Waals surface area contributed by atoms with Crippen LogP contribution in [0.4, 0.5) is 13.2 Å². The predicted molar refractivity (Wildman–Crippen MR) is 91.6 cm³/mol. The second kappa shape index (κ2) is 7.89. The van der Waals surface area contributed by atoms with Gasteiger partial charge in [-0.1, -0.05) is 12.1 Å². The molecule has 4 amide bonds. The molecule has 1 fully saturated rings. The van der Waals surface area contributed by atoms with Crippen LogP contribution in [0, 0.1) is 0 Å². The molecule has 12 heteroatoms. The van der Waals surface area contributed by atoms with Crippen molar-refractivity contribution in [1.29, 1.82) is 0 Å². The van der Waals surface area contributed by atoms with Gasteiger partial charge in [0.1, 0.15) is 6.54 Å². The summed E-state index contributed by atoms with van der Waals surface area (Å²) < 4.78 is 40.4. The maximum absolute atomic E-state index is 13.2. The normalized spacial score (nSPS) is 14.5. The Kier molecular flexibility index (Phi) is 5.52. The number of halogens is 3. The first kappa shape index (κ1) is 20.3. The van der Waals surface area contributed by atoms with E-state index < -0.39 is 30.4 Å². The van der Waals surface area contributed by atoms with Crippen molar-refractivity contribution in [2.75, 3.05) is 6.54 Å². The first-order valence-electron chi connectivity index (χ1n) is 8.60. The lowest BCUT2D eigenvalue weighted by Gasteiger charge is -2.14. The zero-order valence-corrected chi connectivity index (χ0v) is 15.0. The van der Waals surface area contributed by atoms with E-state index in [1.165, 1.54) is 24.3 Å². The van der Waals surface area contributed by atoms with Gasteiger partial charge in [-0.15, -0.1) is 0 Å². The van der Waals surface area contributed by atoms with Crippen molar-refractivity contribution in [1.82, 2.24) is 25.3 Å². The summed E-state index contributed by atoms with van der Waals surface area (Å²) in [5.74, 6) is -3.58. The van der Waals surface area contributed by atoms with Crippen molar-refractivity contribution in [2.45, 2.75) is 32.0 Å². The molecule has 0 saturated carbocycles. The second-order valence-electron chi connectivity index (χ2n) is 6.29. The lowest BCUT2D eigenvalue weighted by atomic mass is 10.3. The Balaban J connectivity index is 1.59. The van der Waals surface area contributed by atoms with E-state index in [1.807, 2.05) is 5.43 Å². The van der Waals surface area contributed by atoms with Crippen molar-refractivity contribution < 1.29 is 32.3 Å². The van der Waals surface area contributed by atoms with Crippen LogP contribution in [0.25, 0.3) is 11.0 Å². The Morgan fingerprint density at radius 2 is 1.66 bits per heavy atom. The molecule has 2 N–H and O–H groups in total. The average molecular weight is 411 g/mol. The molecule has 1 saturated heterocycles. The number of carbonyl (C=O) groups excluding carboxylic acids is 4. The lowest BCUT2D eigenvalue weighted by Crippen LogP contribution is -2.44. The largest absolute Gasteiger partial charge is 0.449 e. The number of carbonyl (C=O) groups is 4. The molecule has 1 aliphatic heterocycles. The van der Waals surface area contributed by atoms with Crippen LogP contribution in [0.2, 0.25) is 0 Å². The molecule has 9 nitrogen and oxygen atoms in total. The molecule has 3 rings (SSSR count). The number of likely N-dealkylation sites (tertiary alicyclic amines) is 1. The van der Waals surface area contributed by atoms with Crippen LogP contribution < -0.4 is 10.9 Å². The predicted octanol–water partition coefficient (Wildman–Crippen LogP) is 0.742. The van der Waals surface area contributed by atoms with Gasteiger partial charge in [-0.3, -0.25) is 34.9 Å². The number of alkyl halides is 3. The van der Waals surface area contributed by atoms with Crippen LogP contribution >= 0.6 is 0 Å². The summed E-state index contributed by atoms with van der Waals surface area (Å²) in [7, 11) is 0. The molecule has 0 unspecified atom stereocenters. The molecular weight excluding hydrogens is 395 g/mol. The van der Waals surface area contributed by atoms with Gasteiger partial charge < -0.3 is 4.57 Å². The number of rotatable bonds is 5. The molecular formula is C17H16F3N5O4. The van der Waals surface area contributed by atoms with Gasteiger partial charge in [-0.25, -0.2) is 4.98 Å². The van der Waals surface area contributed by atoms with E-state index in [-0.39, 0.29) is 48.7 Å². The van der Waals surface area contributed by atoms with Crippen LogP contribution in [0.3, 0.4) is 0 Å². The molecule has 0 atom stereocenters. The molecule has 2 aromatic rings. The number of fused-ring (bicyclic) bond motifs is 1. The van der Waals surface area contributed by atoms with Gasteiger partial charge in [0.05, 0.1) is 11.0 Å². The Bertz CT molecular complexity index is 969. The number of amides is 4. The molecule has 1 aliphatic rings. The summed E-state index contributed by atoms with van der Waals surface area (Å²) in [4.78, 5) is 51.2. The zero-order valence-electron chi connectivity index (χ0n) is 15.0. The smallest absolute Gasteiger partial charge is 0.311 e. The number of benzene rings is 1. The summed E-state index contributed by atoms with van der Waals surface area (Å²) in [5, 5.41) is 0. The molecule has 29 heavy (non-hydrogen) atoms. The number of nitrogens with one attached hydrogen (secondary N) is 2. The van der Waals surface area contributed by atoms with Crippen LogP contribution in [0.5, 0.6) is 0 Å². The third-order valence-electron chi connectivity index (χ3n) is 4.27. The highest BCUT2D eigenvalue weighted by atomic mass is 19.4. The molecule has 1 aromatic heterocycles. The number of para-hydroxylation sites is 2. The fourth-order valence-corrected chi connectivity index (χ4v) is 2.92. The highest BCUT2D eigenvalue weighted by molar-refractivity contribution is 6.02. The van der Waals surface area contributed by atoms with Crippen LogP contribution in [0.1, 0.15) is 25.1 Å². The molecule has 154 valence electrons. The lowest BCUT2D eigenvalue weighted by molar-refractivity contribution is -0.147. The quantitative estimate of drug-likeness (QED) is 0.557. The van der Waals surface area contributed by atoms with Crippen molar-refractivity contribution in [3.05, 3.63) is 30.1 Å². The number of imidazole rings is 1. The van der Waals surface area contributed by atoms with Crippen LogP contribution in [0.15, 0.2) is 24.3 Å². The molecule has 0 radical (unpaired) electrons. The van der Waals surface area contributed by atoms with E-state index in [1.54, 1.807) is 0 Å². The number of hydrogen-bond donors (Lipinski definition) is 2. The maximum Gasteiger partial charge on any atom is 0.449 e. The van der Waals surface area contributed by atoms with E-state index in [2.05, 4.69) is 10.4 Å². The summed E-state index contributed by atoms with van der Waals surface area (Å²) in [6.45, 7) is -0.859. The number of hydrogen-bond acceptors (Lipinski definition) is 5. The minimum absolute atomic E-state index is 0.0802. The van der Waals surface area contributed by atoms with E-state index in [0.717, 1.165) is 4.90 Å². The topological polar surface area (TPSA) is 113 Å². The molecule has 2 heterocycles. The Morgan fingerprint density at radius 3 is 2.31 bits per heavy atom. The van der Waals surface area contributed by atoms with Crippen molar-refractivity contribution in [2.24, 2.45) is 0 Å². The fraction of sp³-hybridized carbons (Fsp3) is 0.353. The zero-order chi connectivity index (χ0) is 21.2. The summed E-state index contributed by atoms with van der Waals surface area (Å²) >= 11 is 0. The molecule has 0 bridgehead atoms. The number of hydrazine groups is 1. The summed E-state index contributed by atoms with van der Waals surface area (Å²) in [6.07, 6.45) is -4.83. The van der Waals surface area contributed by atoms with Crippen molar-refractivity contribution in [3.8, 4) is 0 Å². The first-order valence-corrected chi connectivity index (χ1v) is 8.60. The minimum Gasteiger partial charge on any atom is -0.311 e. The van der Waals surface area contributed by atoms with Crippen molar-refractivity contribution >= 4 is 34.7 Å². The summed E-state index contributed by atoms with van der Waals surface area (Å²) in [6, 6.07) is 5.83. The van der Waals surface area contributed by atoms with Crippen LogP contribution in [-0.4, -0.2) is 44.6 Å². The Hall–Kier alpha value is -3.44. The third-order valence-corrected chi connectivity index (χ3v) is 4.27. The number of nitrogens with zero attached hydrogens (tertiary/aromatic N) is 3. The average Bonchev–Trinajstić information content (AvgIpc) is 3.19. The molecule has 0 aliphatic carbocycles. The second-order valence-corrected chi connectivity index (χ2v) is 6.29. The van der Waals surface area contributed by atoms with Gasteiger partial charge in [0.2, 0.25) is 23.5 Å². The van der Waals surface area contributed by atoms with Gasteiger partial charge in [0.15, 0.2) is 0 Å².